The molecule has 150 valence electrons. The fourth-order valence-electron chi connectivity index (χ4n) is 0.214. The number of hydrogen-bond acceptors (Lipinski definition) is 0. The Balaban J connectivity index is -0.000000130. The number of allylic oxidation sites excluding steroid dienone is 3. The van der Waals surface area contributed by atoms with Gasteiger partial charge >= 0.3 is 19.5 Å². The summed E-state index contributed by atoms with van der Waals surface area (Å²) in [5.74, 6) is -8.19. The van der Waals surface area contributed by atoms with Gasteiger partial charge in [0.2, 0.25) is 0 Å². The molecular weight excluding hydrogens is 496 g/mol. The van der Waals surface area contributed by atoms with Crippen LogP contribution in [-0.2, 0) is 19.5 Å². The summed E-state index contributed by atoms with van der Waals surface area (Å²) >= 11 is 0. The summed E-state index contributed by atoms with van der Waals surface area (Å²) in [7, 11) is 0. The average molecular weight is 496 g/mol. The maximum atomic E-state index is 11.0. The van der Waals surface area contributed by atoms with Gasteiger partial charge in [0, 0.05) is 0 Å². The third kappa shape index (κ3) is 18.6. The van der Waals surface area contributed by atoms with Crippen molar-refractivity contribution in [1.82, 2.24) is 0 Å². The Bertz CT molecular complexity index is 373. The van der Waals surface area contributed by atoms with E-state index in [0.717, 1.165) is 0 Å². The van der Waals surface area contributed by atoms with Crippen molar-refractivity contribution in [3.63, 3.8) is 0 Å². The van der Waals surface area contributed by atoms with Crippen LogP contribution in [0.1, 0.15) is 0 Å². The molecule has 0 saturated heterocycles. The van der Waals surface area contributed by atoms with Crippen molar-refractivity contribution in [2.45, 2.75) is 0 Å². The molecule has 0 fully saturated rings. The molecule has 0 spiro atoms. The van der Waals surface area contributed by atoms with Gasteiger partial charge in [-0.1, -0.05) is 0 Å². The van der Waals surface area contributed by atoms with Gasteiger partial charge in [0.25, 0.3) is 0 Å². The summed E-state index contributed by atoms with van der Waals surface area (Å²) < 4.78 is 161. The zero-order valence-electron chi connectivity index (χ0n) is 10.5. The van der Waals surface area contributed by atoms with Crippen LogP contribution in [0, 0.1) is 19.3 Å². The van der Waals surface area contributed by atoms with Crippen LogP contribution in [-0.4, -0.2) is 0 Å². The van der Waals surface area contributed by atoms with Crippen LogP contribution in [0.5, 0.6) is 0 Å². The maximum Gasteiger partial charge on any atom is 3.00 e. The van der Waals surface area contributed by atoms with E-state index >= 15 is 0 Å². The first-order valence-corrected chi connectivity index (χ1v) is 4.33. The Hall–Kier alpha value is -1.60. The van der Waals surface area contributed by atoms with Gasteiger partial charge in [-0.05, 0) is 0 Å². The van der Waals surface area contributed by atoms with Crippen molar-refractivity contribution in [2.24, 2.45) is 0 Å². The predicted molar refractivity (Wildman–Crippen MR) is 47.4 cm³/mol. The molecule has 0 atom stereocenters. The minimum Gasteiger partial charge on any atom is -0.286 e. The topological polar surface area (TPSA) is 0 Å². The molecule has 0 saturated carbocycles. The first-order valence-electron chi connectivity index (χ1n) is 4.33. The van der Waals surface area contributed by atoms with E-state index in [0.29, 0.717) is 0 Å². The Labute approximate surface area is 141 Å². The molecule has 0 radical (unpaired) electrons. The Morgan fingerprint density at radius 2 is 0.480 bits per heavy atom. The van der Waals surface area contributed by atoms with Gasteiger partial charge in [0.15, 0.2) is 0 Å². The molecule has 0 aromatic heterocycles. The van der Waals surface area contributed by atoms with E-state index in [-0.39, 0.29) is 19.5 Å². The van der Waals surface area contributed by atoms with E-state index in [1.54, 1.807) is 0 Å². The van der Waals surface area contributed by atoms with Gasteiger partial charge in [0.05, 0.1) is 17.5 Å². The molecule has 0 aliphatic heterocycles. The first-order chi connectivity index (χ1) is 10.7. The van der Waals surface area contributed by atoms with Crippen LogP contribution in [0.3, 0.4) is 0 Å². The molecule has 0 unspecified atom stereocenters. The standard InChI is InChI=1S/3C3F5.Rh/c3*4-1(2(5)6)3(7)8;/q3*-1;+3. The molecule has 16 heteroatoms. The minimum atomic E-state index is -3.00. The van der Waals surface area contributed by atoms with Gasteiger partial charge in [-0.15, -0.1) is 0 Å². The largest absolute Gasteiger partial charge is 3.00 e. The smallest absolute Gasteiger partial charge is 0.286 e. The van der Waals surface area contributed by atoms with Gasteiger partial charge in [-0.25, -0.2) is 13.2 Å². The molecule has 0 aromatic carbocycles. The van der Waals surface area contributed by atoms with E-state index < -0.39 is 55.0 Å². The van der Waals surface area contributed by atoms with Gasteiger partial charge in [-0.3, -0.25) is 52.7 Å². The van der Waals surface area contributed by atoms with Crippen LogP contribution in [0.15, 0.2) is 35.7 Å². The molecule has 0 rings (SSSR count). The normalized spacial score (nSPS) is 8.28. The summed E-state index contributed by atoms with van der Waals surface area (Å²) in [6.45, 7) is 0. The van der Waals surface area contributed by atoms with E-state index in [1.165, 1.54) is 0 Å². The Morgan fingerprint density at radius 3 is 0.480 bits per heavy atom. The van der Waals surface area contributed by atoms with Crippen molar-refractivity contribution in [3.05, 3.63) is 55.0 Å². The van der Waals surface area contributed by atoms with Crippen molar-refractivity contribution >= 4 is 0 Å². The van der Waals surface area contributed by atoms with Gasteiger partial charge in [-0.2, -0.15) is 0 Å². The van der Waals surface area contributed by atoms with Crippen molar-refractivity contribution in [2.75, 3.05) is 0 Å². The van der Waals surface area contributed by atoms with E-state index in [1.807, 2.05) is 0 Å². The van der Waals surface area contributed by atoms with Gasteiger partial charge in [0.1, 0.15) is 37.5 Å². The summed E-state index contributed by atoms with van der Waals surface area (Å²) in [5.41, 5.74) is 0. The van der Waals surface area contributed by atoms with Crippen LogP contribution in [0.2, 0.25) is 0 Å². The molecule has 0 heterocycles. The molecule has 0 aliphatic carbocycles. The minimum absolute atomic E-state index is 0. The monoisotopic (exact) mass is 496 g/mol. The molecular formula is C9F15Rh. The molecule has 25 heavy (non-hydrogen) atoms. The maximum absolute atomic E-state index is 11.0. The Kier molecular flexibility index (Phi) is 19.8. The van der Waals surface area contributed by atoms with Crippen LogP contribution >= 0.6 is 0 Å². The number of rotatable bonds is 3. The van der Waals surface area contributed by atoms with Crippen LogP contribution in [0.25, 0.3) is 0 Å². The van der Waals surface area contributed by atoms with Crippen molar-refractivity contribution < 1.29 is 85.3 Å². The molecule has 0 aliphatic rings. The zero-order valence-corrected chi connectivity index (χ0v) is 12.1. The summed E-state index contributed by atoms with van der Waals surface area (Å²) in [6.07, 6.45) is -18.0. The quantitative estimate of drug-likeness (QED) is 0.216. The van der Waals surface area contributed by atoms with E-state index in [9.17, 15) is 65.9 Å². The first kappa shape index (κ1) is 31.2. The summed E-state index contributed by atoms with van der Waals surface area (Å²) in [6, 6.07) is 0. The average Bonchev–Trinajstić information content (AvgIpc) is 2.45. The SMILES string of the molecule is FC(F)=C(F)[C-](F)F.FC(F)=C(F)[C-](F)F.FC(F)=C(F)[C-](F)F.[Rh+3]. The predicted octanol–water partition coefficient (Wildman–Crippen LogP) is 7.47. The summed E-state index contributed by atoms with van der Waals surface area (Å²) in [5, 5.41) is 0. The number of hydrogen-bond donors (Lipinski definition) is 0. The molecule has 0 bridgehead atoms. The molecule has 0 aromatic rings. The van der Waals surface area contributed by atoms with E-state index in [4.69, 9.17) is 0 Å². The fourth-order valence-corrected chi connectivity index (χ4v) is 0.214. The molecule has 0 N–H and O–H groups in total. The number of halogens is 15. The van der Waals surface area contributed by atoms with Crippen LogP contribution < -0.4 is 0 Å². The second-order valence-electron chi connectivity index (χ2n) is 2.50. The van der Waals surface area contributed by atoms with Crippen molar-refractivity contribution in [1.29, 1.82) is 0 Å². The molecule has 0 nitrogen and oxygen atoms in total. The van der Waals surface area contributed by atoms with E-state index in [2.05, 4.69) is 0 Å². The second kappa shape index (κ2) is 15.9. The van der Waals surface area contributed by atoms with Gasteiger partial charge < -0.3 is 0 Å². The molecule has 0 amide bonds. The Morgan fingerprint density at radius 1 is 0.360 bits per heavy atom. The zero-order chi connectivity index (χ0) is 20.2. The third-order valence-corrected chi connectivity index (χ3v) is 0.996. The second-order valence-corrected chi connectivity index (χ2v) is 2.50. The fraction of sp³-hybridized carbons (Fsp3) is 0. The van der Waals surface area contributed by atoms with Crippen LogP contribution in [0.4, 0.5) is 65.9 Å². The summed E-state index contributed by atoms with van der Waals surface area (Å²) in [4.78, 5) is 0. The van der Waals surface area contributed by atoms with Crippen molar-refractivity contribution in [3.8, 4) is 0 Å². The third-order valence-electron chi connectivity index (χ3n) is 0.996.